The summed E-state index contributed by atoms with van der Waals surface area (Å²) < 4.78 is 5.68. The molecule has 5 nitrogen and oxygen atoms in total. The summed E-state index contributed by atoms with van der Waals surface area (Å²) in [6.45, 7) is 1.96. The minimum Gasteiger partial charge on any atom is -0.457 e. The van der Waals surface area contributed by atoms with Crippen molar-refractivity contribution in [3.63, 3.8) is 0 Å². The predicted octanol–water partition coefficient (Wildman–Crippen LogP) is 3.09. The van der Waals surface area contributed by atoms with Gasteiger partial charge < -0.3 is 9.73 Å². The first-order valence-corrected chi connectivity index (χ1v) is 6.61. The van der Waals surface area contributed by atoms with Crippen molar-refractivity contribution in [1.82, 2.24) is 10.6 Å². The zero-order chi connectivity index (χ0) is 15.0. The number of nitrogens with one attached hydrogen (secondary N) is 2. The molecule has 106 valence electrons. The molecule has 6 heteroatoms. The molecule has 1 aromatic heterocycles. The Balaban J connectivity index is 1.94. The van der Waals surface area contributed by atoms with Gasteiger partial charge in [-0.1, -0.05) is 17.7 Å². The lowest BCUT2D eigenvalue weighted by molar-refractivity contribution is -0.115. The van der Waals surface area contributed by atoms with E-state index in [1.807, 2.05) is 25.1 Å². The molecular formula is C15H11ClN2O3. The average Bonchev–Trinajstić information content (AvgIpc) is 3.00. The third-order valence-electron chi connectivity index (χ3n) is 3.10. The maximum atomic E-state index is 11.4. The molecule has 3 rings (SSSR count). The topological polar surface area (TPSA) is 71.3 Å². The Kier molecular flexibility index (Phi) is 3.27. The normalized spacial score (nSPS) is 16.2. The van der Waals surface area contributed by atoms with E-state index in [4.69, 9.17) is 16.0 Å². The summed E-state index contributed by atoms with van der Waals surface area (Å²) in [5, 5.41) is 5.15. The fourth-order valence-electron chi connectivity index (χ4n) is 2.06. The van der Waals surface area contributed by atoms with Gasteiger partial charge in [-0.2, -0.15) is 0 Å². The lowest BCUT2D eigenvalue weighted by Crippen LogP contribution is -2.22. The van der Waals surface area contributed by atoms with Gasteiger partial charge in [0.1, 0.15) is 17.2 Å². The summed E-state index contributed by atoms with van der Waals surface area (Å²) in [4.78, 5) is 22.5. The Hall–Kier alpha value is -2.53. The van der Waals surface area contributed by atoms with E-state index < -0.39 is 11.9 Å². The maximum Gasteiger partial charge on any atom is 0.326 e. The maximum absolute atomic E-state index is 11.4. The molecule has 0 spiro atoms. The number of urea groups is 1. The minimum atomic E-state index is -0.538. The van der Waals surface area contributed by atoms with E-state index in [-0.39, 0.29) is 5.70 Å². The number of furan rings is 1. The zero-order valence-electron chi connectivity index (χ0n) is 11.1. The lowest BCUT2D eigenvalue weighted by atomic mass is 10.1. The third kappa shape index (κ3) is 2.68. The number of carbonyl (C=O) groups is 2. The first-order valence-electron chi connectivity index (χ1n) is 6.23. The van der Waals surface area contributed by atoms with E-state index in [9.17, 15) is 9.59 Å². The van der Waals surface area contributed by atoms with E-state index in [0.717, 1.165) is 11.1 Å². The zero-order valence-corrected chi connectivity index (χ0v) is 11.8. The van der Waals surface area contributed by atoms with E-state index in [0.29, 0.717) is 16.5 Å². The highest BCUT2D eigenvalue weighted by Gasteiger charge is 2.23. The van der Waals surface area contributed by atoms with Crippen LogP contribution in [0.4, 0.5) is 4.79 Å². The molecule has 0 unspecified atom stereocenters. The molecule has 0 bridgehead atoms. The smallest absolute Gasteiger partial charge is 0.326 e. The van der Waals surface area contributed by atoms with Crippen LogP contribution in [0.5, 0.6) is 0 Å². The Labute approximate surface area is 125 Å². The van der Waals surface area contributed by atoms with Gasteiger partial charge in [0.05, 0.1) is 0 Å². The Morgan fingerprint density at radius 2 is 1.95 bits per heavy atom. The Bertz CT molecular complexity index is 777. The third-order valence-corrected chi connectivity index (χ3v) is 3.33. The molecular weight excluding hydrogens is 292 g/mol. The number of halogens is 1. The van der Waals surface area contributed by atoms with Crippen molar-refractivity contribution in [2.45, 2.75) is 6.92 Å². The van der Waals surface area contributed by atoms with Crippen LogP contribution in [0, 0.1) is 6.92 Å². The number of hydrogen-bond acceptors (Lipinski definition) is 3. The van der Waals surface area contributed by atoms with Crippen molar-refractivity contribution >= 4 is 29.6 Å². The van der Waals surface area contributed by atoms with E-state index in [2.05, 4.69) is 10.6 Å². The molecule has 0 aliphatic carbocycles. The molecule has 0 atom stereocenters. The van der Waals surface area contributed by atoms with Gasteiger partial charge in [0.2, 0.25) is 0 Å². The van der Waals surface area contributed by atoms with Crippen molar-refractivity contribution in [2.75, 3.05) is 0 Å². The average molecular weight is 303 g/mol. The monoisotopic (exact) mass is 302 g/mol. The number of aryl methyl sites for hydroxylation is 1. The number of amides is 3. The second kappa shape index (κ2) is 5.10. The van der Waals surface area contributed by atoms with Crippen LogP contribution in [0.2, 0.25) is 5.02 Å². The second-order valence-corrected chi connectivity index (χ2v) is 5.06. The van der Waals surface area contributed by atoms with E-state index in [1.165, 1.54) is 6.08 Å². The molecule has 3 amide bonds. The molecule has 2 aromatic rings. The first-order chi connectivity index (χ1) is 10.0. The highest BCUT2D eigenvalue weighted by molar-refractivity contribution is 6.30. The van der Waals surface area contributed by atoms with Gasteiger partial charge in [-0.25, -0.2) is 4.79 Å². The number of imide groups is 1. The standard InChI is InChI=1S/C15H11ClN2O3/c1-8-2-3-9(16)6-11(8)13-5-4-10(21-13)7-12-14(19)18-15(20)17-12/h2-7H,1H3,(H2,17,18,19,20)/b12-7+. The van der Waals surface area contributed by atoms with Crippen LogP contribution in [-0.2, 0) is 4.79 Å². The van der Waals surface area contributed by atoms with Gasteiger partial charge in [-0.15, -0.1) is 0 Å². The highest BCUT2D eigenvalue weighted by atomic mass is 35.5. The largest absolute Gasteiger partial charge is 0.457 e. The SMILES string of the molecule is Cc1ccc(Cl)cc1-c1ccc(/C=C2/NC(=O)NC2=O)o1. The van der Waals surface area contributed by atoms with Crippen LogP contribution >= 0.6 is 11.6 Å². The summed E-state index contributed by atoms with van der Waals surface area (Å²) >= 11 is 5.99. The van der Waals surface area contributed by atoms with Crippen molar-refractivity contribution in [3.05, 3.63) is 52.4 Å². The van der Waals surface area contributed by atoms with E-state index in [1.54, 1.807) is 12.1 Å². The van der Waals surface area contributed by atoms with Gasteiger partial charge in [0, 0.05) is 16.7 Å². The number of benzene rings is 1. The van der Waals surface area contributed by atoms with Crippen LogP contribution < -0.4 is 10.6 Å². The molecule has 2 N–H and O–H groups in total. The molecule has 1 saturated heterocycles. The Morgan fingerprint density at radius 1 is 1.14 bits per heavy atom. The lowest BCUT2D eigenvalue weighted by Gasteiger charge is -2.02. The summed E-state index contributed by atoms with van der Waals surface area (Å²) in [5.74, 6) is 0.639. The van der Waals surface area contributed by atoms with E-state index >= 15 is 0 Å². The number of rotatable bonds is 2. The summed E-state index contributed by atoms with van der Waals surface area (Å²) in [7, 11) is 0. The van der Waals surface area contributed by atoms with Crippen LogP contribution in [0.25, 0.3) is 17.4 Å². The quantitative estimate of drug-likeness (QED) is 0.661. The molecule has 1 aliphatic rings. The number of hydrogen-bond donors (Lipinski definition) is 2. The van der Waals surface area contributed by atoms with Crippen molar-refractivity contribution in [3.8, 4) is 11.3 Å². The minimum absolute atomic E-state index is 0.156. The number of carbonyl (C=O) groups excluding carboxylic acids is 2. The molecule has 1 aliphatic heterocycles. The van der Waals surface area contributed by atoms with Crippen LogP contribution in [0.3, 0.4) is 0 Å². The van der Waals surface area contributed by atoms with Gasteiger partial charge in [0.15, 0.2) is 0 Å². The van der Waals surface area contributed by atoms with Crippen molar-refractivity contribution < 1.29 is 14.0 Å². The van der Waals surface area contributed by atoms with Crippen LogP contribution in [-0.4, -0.2) is 11.9 Å². The summed E-state index contributed by atoms with van der Waals surface area (Å²) in [6, 6.07) is 8.51. The molecule has 2 heterocycles. The van der Waals surface area contributed by atoms with Gasteiger partial charge in [0.25, 0.3) is 5.91 Å². The van der Waals surface area contributed by atoms with Gasteiger partial charge in [-0.05, 0) is 36.8 Å². The van der Waals surface area contributed by atoms with Crippen molar-refractivity contribution in [1.29, 1.82) is 0 Å². The van der Waals surface area contributed by atoms with Gasteiger partial charge in [-0.3, -0.25) is 10.1 Å². The summed E-state index contributed by atoms with van der Waals surface area (Å²) in [6.07, 6.45) is 1.48. The molecule has 1 fully saturated rings. The Morgan fingerprint density at radius 3 is 2.67 bits per heavy atom. The van der Waals surface area contributed by atoms with Crippen LogP contribution in [0.15, 0.2) is 40.4 Å². The molecule has 1 aromatic carbocycles. The van der Waals surface area contributed by atoms with Crippen molar-refractivity contribution in [2.24, 2.45) is 0 Å². The highest BCUT2D eigenvalue weighted by Crippen LogP contribution is 2.28. The predicted molar refractivity (Wildman–Crippen MR) is 78.5 cm³/mol. The molecule has 21 heavy (non-hydrogen) atoms. The fourth-order valence-corrected chi connectivity index (χ4v) is 2.23. The summed E-state index contributed by atoms with van der Waals surface area (Å²) in [5.41, 5.74) is 2.07. The fraction of sp³-hybridized carbons (Fsp3) is 0.0667. The second-order valence-electron chi connectivity index (χ2n) is 4.63. The molecule has 0 saturated carbocycles. The van der Waals surface area contributed by atoms with Gasteiger partial charge >= 0.3 is 6.03 Å². The van der Waals surface area contributed by atoms with Crippen LogP contribution in [0.1, 0.15) is 11.3 Å². The molecule has 0 radical (unpaired) electrons. The first kappa shape index (κ1) is 13.5.